The summed E-state index contributed by atoms with van der Waals surface area (Å²) in [5.74, 6) is -0.587. The molecule has 0 amide bonds. The molecule has 0 aliphatic rings. The van der Waals surface area contributed by atoms with Crippen LogP contribution in [0.5, 0.6) is 0 Å². The molecular weight excluding hydrogens is 356 g/mol. The van der Waals surface area contributed by atoms with Crippen molar-refractivity contribution in [2.75, 3.05) is 5.73 Å². The van der Waals surface area contributed by atoms with Gasteiger partial charge in [0.2, 0.25) is 0 Å². The number of benzene rings is 2. The molecule has 0 radical (unpaired) electrons. The van der Waals surface area contributed by atoms with Gasteiger partial charge in [0.25, 0.3) is 0 Å². The summed E-state index contributed by atoms with van der Waals surface area (Å²) < 4.78 is 5.16. The van der Waals surface area contributed by atoms with Crippen LogP contribution >= 0.6 is 46.4 Å². The highest BCUT2D eigenvalue weighted by atomic mass is 35.5. The lowest BCUT2D eigenvalue weighted by Crippen LogP contribution is -2.06. The third-order valence-corrected chi connectivity index (χ3v) is 4.08. The summed E-state index contributed by atoms with van der Waals surface area (Å²) in [6.07, 6.45) is 0. The molecule has 0 heterocycles. The number of carbonyl (C=O) groups excluding carboxylic acids is 1. The smallest absolute Gasteiger partial charge is 0.338 e. The number of hydrogen-bond acceptors (Lipinski definition) is 3. The molecular formula is C14H9Cl4NO2. The number of nitrogen functional groups attached to an aromatic ring is 1. The van der Waals surface area contributed by atoms with Crippen LogP contribution in [0.25, 0.3) is 0 Å². The van der Waals surface area contributed by atoms with E-state index >= 15 is 0 Å². The van der Waals surface area contributed by atoms with E-state index < -0.39 is 5.97 Å². The van der Waals surface area contributed by atoms with Crippen LogP contribution in [0.4, 0.5) is 5.69 Å². The SMILES string of the molecule is Nc1cc(C(=O)OCc2cc(Cl)ccc2Cl)cc(Cl)c1Cl. The highest BCUT2D eigenvalue weighted by molar-refractivity contribution is 6.43. The molecule has 2 N–H and O–H groups in total. The third-order valence-electron chi connectivity index (χ3n) is 2.66. The Labute approximate surface area is 141 Å². The molecule has 0 fully saturated rings. The Morgan fingerprint density at radius 2 is 1.76 bits per heavy atom. The lowest BCUT2D eigenvalue weighted by molar-refractivity contribution is 0.0473. The Kier molecular flexibility index (Phi) is 5.22. The summed E-state index contributed by atoms with van der Waals surface area (Å²) >= 11 is 23.5. The largest absolute Gasteiger partial charge is 0.457 e. The molecule has 0 aromatic heterocycles. The molecule has 0 aliphatic heterocycles. The maximum atomic E-state index is 12.0. The molecule has 0 spiro atoms. The molecule has 110 valence electrons. The van der Waals surface area contributed by atoms with Crippen LogP contribution in [-0.4, -0.2) is 5.97 Å². The normalized spacial score (nSPS) is 10.5. The zero-order valence-corrected chi connectivity index (χ0v) is 13.5. The first-order chi connectivity index (χ1) is 9.88. The van der Waals surface area contributed by atoms with Crippen molar-refractivity contribution in [2.45, 2.75) is 6.61 Å². The minimum absolute atomic E-state index is 0.0155. The van der Waals surface area contributed by atoms with Crippen LogP contribution in [0, 0.1) is 0 Å². The lowest BCUT2D eigenvalue weighted by atomic mass is 10.2. The maximum absolute atomic E-state index is 12.0. The summed E-state index contributed by atoms with van der Waals surface area (Å²) in [5.41, 5.74) is 6.66. The van der Waals surface area contributed by atoms with E-state index in [2.05, 4.69) is 0 Å². The van der Waals surface area contributed by atoms with Crippen LogP contribution in [0.3, 0.4) is 0 Å². The van der Waals surface area contributed by atoms with E-state index in [1.54, 1.807) is 18.2 Å². The summed E-state index contributed by atoms with van der Waals surface area (Å²) in [5, 5.41) is 1.35. The van der Waals surface area contributed by atoms with E-state index in [1.165, 1.54) is 12.1 Å². The van der Waals surface area contributed by atoms with Gasteiger partial charge in [-0.25, -0.2) is 4.79 Å². The zero-order valence-electron chi connectivity index (χ0n) is 10.5. The number of rotatable bonds is 3. The van der Waals surface area contributed by atoms with Crippen LogP contribution in [0.1, 0.15) is 15.9 Å². The van der Waals surface area contributed by atoms with Gasteiger partial charge in [0.05, 0.1) is 21.3 Å². The minimum atomic E-state index is -0.587. The van der Waals surface area contributed by atoms with Gasteiger partial charge in [-0.1, -0.05) is 46.4 Å². The minimum Gasteiger partial charge on any atom is -0.457 e. The summed E-state index contributed by atoms with van der Waals surface area (Å²) in [6, 6.07) is 7.69. The first-order valence-electron chi connectivity index (χ1n) is 5.74. The number of nitrogens with two attached hydrogens (primary N) is 1. The Morgan fingerprint density at radius 1 is 1.05 bits per heavy atom. The number of anilines is 1. The van der Waals surface area contributed by atoms with Gasteiger partial charge in [0.15, 0.2) is 0 Å². The molecule has 3 nitrogen and oxygen atoms in total. The Morgan fingerprint density at radius 3 is 2.43 bits per heavy atom. The second-order valence-electron chi connectivity index (χ2n) is 4.17. The molecule has 0 unspecified atom stereocenters. The average Bonchev–Trinajstić information content (AvgIpc) is 2.44. The van der Waals surface area contributed by atoms with Crippen LogP contribution in [-0.2, 0) is 11.3 Å². The van der Waals surface area contributed by atoms with Crippen molar-refractivity contribution in [3.63, 3.8) is 0 Å². The van der Waals surface area contributed by atoms with Gasteiger partial charge in [-0.3, -0.25) is 0 Å². The highest BCUT2D eigenvalue weighted by Crippen LogP contribution is 2.30. The van der Waals surface area contributed by atoms with Crippen LogP contribution in [0.2, 0.25) is 20.1 Å². The van der Waals surface area contributed by atoms with Gasteiger partial charge < -0.3 is 10.5 Å². The maximum Gasteiger partial charge on any atom is 0.338 e. The Hall–Kier alpha value is -1.13. The van der Waals surface area contributed by atoms with E-state index in [1.807, 2.05) is 0 Å². The summed E-state index contributed by atoms with van der Waals surface area (Å²) in [6.45, 7) is -0.0155. The predicted octanol–water partition coefficient (Wildman–Crippen LogP) is 5.24. The first-order valence-corrected chi connectivity index (χ1v) is 7.25. The highest BCUT2D eigenvalue weighted by Gasteiger charge is 2.13. The number of hydrogen-bond donors (Lipinski definition) is 1. The number of halogens is 4. The summed E-state index contributed by atoms with van der Waals surface area (Å²) in [7, 11) is 0. The molecule has 0 atom stereocenters. The van der Waals surface area contributed by atoms with Crippen molar-refractivity contribution in [1.82, 2.24) is 0 Å². The average molecular weight is 365 g/mol. The standard InChI is InChI=1S/C14H9Cl4NO2/c15-9-1-2-10(16)8(3-9)6-21-14(20)7-4-11(17)13(18)12(19)5-7/h1-5H,6,19H2. The van der Waals surface area contributed by atoms with Gasteiger partial charge in [0.1, 0.15) is 6.61 Å². The summed E-state index contributed by atoms with van der Waals surface area (Å²) in [4.78, 5) is 12.0. The molecule has 2 aromatic rings. The van der Waals surface area contributed by atoms with E-state index in [9.17, 15) is 4.79 Å². The second-order valence-corrected chi connectivity index (χ2v) is 5.80. The molecule has 0 aliphatic carbocycles. The zero-order chi connectivity index (χ0) is 15.6. The van der Waals surface area contributed by atoms with Gasteiger partial charge in [0, 0.05) is 15.6 Å². The number of ether oxygens (including phenoxy) is 1. The molecule has 7 heteroatoms. The van der Waals surface area contributed by atoms with E-state index in [0.717, 1.165) is 0 Å². The lowest BCUT2D eigenvalue weighted by Gasteiger charge is -2.09. The molecule has 0 bridgehead atoms. The molecule has 21 heavy (non-hydrogen) atoms. The molecule has 2 rings (SSSR count). The fourth-order valence-corrected chi connectivity index (χ4v) is 2.31. The molecule has 0 saturated carbocycles. The first kappa shape index (κ1) is 16.2. The van der Waals surface area contributed by atoms with E-state index in [0.29, 0.717) is 15.6 Å². The van der Waals surface area contributed by atoms with Crippen molar-refractivity contribution < 1.29 is 9.53 Å². The fourth-order valence-electron chi connectivity index (χ4n) is 1.61. The van der Waals surface area contributed by atoms with Crippen molar-refractivity contribution in [2.24, 2.45) is 0 Å². The van der Waals surface area contributed by atoms with E-state index in [-0.39, 0.29) is 27.9 Å². The Balaban J connectivity index is 2.13. The number of carbonyl (C=O) groups is 1. The Bertz CT molecular complexity index is 680. The third kappa shape index (κ3) is 3.95. The van der Waals surface area contributed by atoms with Crippen molar-refractivity contribution in [3.8, 4) is 0 Å². The fraction of sp³-hybridized carbons (Fsp3) is 0.0714. The van der Waals surface area contributed by atoms with Crippen molar-refractivity contribution in [1.29, 1.82) is 0 Å². The van der Waals surface area contributed by atoms with Gasteiger partial charge in [-0.15, -0.1) is 0 Å². The van der Waals surface area contributed by atoms with Gasteiger partial charge in [-0.2, -0.15) is 0 Å². The quantitative estimate of drug-likeness (QED) is 0.598. The van der Waals surface area contributed by atoms with Crippen molar-refractivity contribution in [3.05, 3.63) is 61.5 Å². The van der Waals surface area contributed by atoms with E-state index in [4.69, 9.17) is 56.9 Å². The van der Waals surface area contributed by atoms with Gasteiger partial charge in [-0.05, 0) is 30.3 Å². The second kappa shape index (κ2) is 6.75. The van der Waals surface area contributed by atoms with Gasteiger partial charge >= 0.3 is 5.97 Å². The monoisotopic (exact) mass is 363 g/mol. The van der Waals surface area contributed by atoms with Crippen molar-refractivity contribution >= 4 is 58.1 Å². The predicted molar refractivity (Wildman–Crippen MR) is 86.5 cm³/mol. The van der Waals surface area contributed by atoms with Crippen LogP contribution in [0.15, 0.2) is 30.3 Å². The van der Waals surface area contributed by atoms with Crippen LogP contribution < -0.4 is 5.73 Å². The molecule has 2 aromatic carbocycles. The topological polar surface area (TPSA) is 52.3 Å². The number of esters is 1. The molecule has 0 saturated heterocycles.